The van der Waals surface area contributed by atoms with Crippen LogP contribution in [-0.4, -0.2) is 40.1 Å². The van der Waals surface area contributed by atoms with Crippen LogP contribution in [0.25, 0.3) is 0 Å². The van der Waals surface area contributed by atoms with E-state index < -0.39 is 10.0 Å². The van der Waals surface area contributed by atoms with Gasteiger partial charge in [0.05, 0.1) is 16.7 Å². The van der Waals surface area contributed by atoms with E-state index in [9.17, 15) is 13.2 Å². The zero-order valence-corrected chi connectivity index (χ0v) is 17.2. The van der Waals surface area contributed by atoms with Gasteiger partial charge >= 0.3 is 0 Å². The van der Waals surface area contributed by atoms with Crippen molar-refractivity contribution >= 4 is 33.2 Å². The van der Waals surface area contributed by atoms with Crippen molar-refractivity contribution in [2.24, 2.45) is 0 Å². The third-order valence-electron chi connectivity index (χ3n) is 4.62. The Bertz CT molecular complexity index is 925. The average Bonchev–Trinajstić information content (AvgIpc) is 3.19. The molecule has 0 unspecified atom stereocenters. The molecule has 8 heteroatoms. The average molecular weight is 423 g/mol. The molecule has 0 aliphatic carbocycles. The molecule has 0 saturated carbocycles. The lowest BCUT2D eigenvalue weighted by Crippen LogP contribution is -2.43. The fourth-order valence-electron chi connectivity index (χ4n) is 3.10. The minimum atomic E-state index is -3.94. The Balaban J connectivity index is 1.86. The van der Waals surface area contributed by atoms with Crippen LogP contribution < -0.4 is 9.62 Å². The van der Waals surface area contributed by atoms with Gasteiger partial charge in [-0.3, -0.25) is 9.10 Å². The normalized spacial score (nSPS) is 16.7. The zero-order valence-electron chi connectivity index (χ0n) is 15.6. The second-order valence-corrected chi connectivity index (χ2v) is 8.99. The molecule has 150 valence electrons. The Hall–Kier alpha value is -2.09. The highest BCUT2D eigenvalue weighted by molar-refractivity contribution is 7.92. The van der Waals surface area contributed by atoms with E-state index in [0.29, 0.717) is 23.9 Å². The molecule has 1 amide bonds. The maximum atomic E-state index is 13.3. The van der Waals surface area contributed by atoms with Crippen molar-refractivity contribution in [3.63, 3.8) is 0 Å². The second kappa shape index (κ2) is 8.94. The molecular formula is C20H23ClN2O4S. The van der Waals surface area contributed by atoms with Gasteiger partial charge in [-0.25, -0.2) is 8.42 Å². The number of aryl methyl sites for hydroxylation is 1. The van der Waals surface area contributed by atoms with Crippen LogP contribution in [0.1, 0.15) is 18.4 Å². The molecule has 1 aliphatic rings. The summed E-state index contributed by atoms with van der Waals surface area (Å²) < 4.78 is 33.2. The van der Waals surface area contributed by atoms with Crippen molar-refractivity contribution in [1.82, 2.24) is 5.32 Å². The van der Waals surface area contributed by atoms with Gasteiger partial charge < -0.3 is 10.1 Å². The number of rotatable bonds is 7. The molecular weight excluding hydrogens is 400 g/mol. The molecule has 3 rings (SSSR count). The smallest absolute Gasteiger partial charge is 0.264 e. The summed E-state index contributed by atoms with van der Waals surface area (Å²) in [5.41, 5.74) is 1.22. The van der Waals surface area contributed by atoms with Crippen LogP contribution in [0.2, 0.25) is 5.02 Å². The number of carbonyl (C=O) groups is 1. The van der Waals surface area contributed by atoms with E-state index in [1.807, 2.05) is 19.1 Å². The third kappa shape index (κ3) is 4.84. The summed E-state index contributed by atoms with van der Waals surface area (Å²) in [4.78, 5) is 12.6. The molecule has 28 heavy (non-hydrogen) atoms. The minimum Gasteiger partial charge on any atom is -0.376 e. The van der Waals surface area contributed by atoms with Crippen LogP contribution in [0.5, 0.6) is 0 Å². The molecule has 0 bridgehead atoms. The van der Waals surface area contributed by atoms with Gasteiger partial charge in [0.15, 0.2) is 0 Å². The highest BCUT2D eigenvalue weighted by Crippen LogP contribution is 2.27. The largest absolute Gasteiger partial charge is 0.376 e. The number of nitrogens with zero attached hydrogens (tertiary/aromatic N) is 1. The summed E-state index contributed by atoms with van der Waals surface area (Å²) in [6, 6.07) is 13.0. The van der Waals surface area contributed by atoms with Crippen molar-refractivity contribution in [2.45, 2.75) is 30.8 Å². The van der Waals surface area contributed by atoms with Gasteiger partial charge in [0.2, 0.25) is 5.91 Å². The van der Waals surface area contributed by atoms with Gasteiger partial charge in [0.25, 0.3) is 10.0 Å². The summed E-state index contributed by atoms with van der Waals surface area (Å²) in [5.74, 6) is -0.378. The monoisotopic (exact) mass is 422 g/mol. The van der Waals surface area contributed by atoms with Crippen molar-refractivity contribution < 1.29 is 17.9 Å². The number of carbonyl (C=O) groups excluding carboxylic acids is 1. The molecule has 2 aromatic rings. The fraction of sp³-hybridized carbons (Fsp3) is 0.350. The van der Waals surface area contributed by atoms with Crippen molar-refractivity contribution in [3.8, 4) is 0 Å². The second-order valence-electron chi connectivity index (χ2n) is 6.69. The van der Waals surface area contributed by atoms with Crippen LogP contribution >= 0.6 is 11.6 Å². The maximum Gasteiger partial charge on any atom is 0.264 e. The predicted octanol–water partition coefficient (Wildman–Crippen LogP) is 3.14. The molecule has 2 aromatic carbocycles. The summed E-state index contributed by atoms with van der Waals surface area (Å²) in [5, 5.41) is 3.23. The fourth-order valence-corrected chi connectivity index (χ4v) is 4.71. The highest BCUT2D eigenvalue weighted by atomic mass is 35.5. The lowest BCUT2D eigenvalue weighted by molar-refractivity contribution is -0.120. The number of para-hydroxylation sites is 1. The molecule has 1 heterocycles. The third-order valence-corrected chi connectivity index (χ3v) is 6.65. The molecule has 1 aliphatic heterocycles. The summed E-state index contributed by atoms with van der Waals surface area (Å²) in [6.07, 6.45) is 1.86. The topological polar surface area (TPSA) is 75.7 Å². The summed E-state index contributed by atoms with van der Waals surface area (Å²) in [7, 11) is -3.94. The van der Waals surface area contributed by atoms with Crippen LogP contribution in [0.4, 0.5) is 5.69 Å². The van der Waals surface area contributed by atoms with E-state index in [1.54, 1.807) is 12.1 Å². The van der Waals surface area contributed by atoms with Crippen LogP contribution in [0.3, 0.4) is 0 Å². The first kappa shape index (κ1) is 20.6. The number of hydrogen-bond acceptors (Lipinski definition) is 4. The van der Waals surface area contributed by atoms with Gasteiger partial charge in [-0.15, -0.1) is 0 Å². The maximum absolute atomic E-state index is 13.3. The van der Waals surface area contributed by atoms with E-state index >= 15 is 0 Å². The van der Waals surface area contributed by atoms with Crippen LogP contribution in [-0.2, 0) is 19.6 Å². The number of halogens is 1. The highest BCUT2D eigenvalue weighted by Gasteiger charge is 2.28. The standard InChI is InChI=1S/C20H23ClN2O4S/c1-15-5-2-3-7-19(15)23(14-20(24)22-13-17-6-4-12-27-17)28(25,26)18-10-8-16(21)9-11-18/h2-3,5,7-11,17H,4,6,12-14H2,1H3,(H,22,24)/t17-/m0/s1. The molecule has 0 spiro atoms. The molecule has 0 aromatic heterocycles. The molecule has 1 fully saturated rings. The van der Waals surface area contributed by atoms with Gasteiger partial charge in [-0.2, -0.15) is 0 Å². The van der Waals surface area contributed by atoms with Crippen molar-refractivity contribution in [2.75, 3.05) is 24.0 Å². The Morgan fingerprint density at radius 2 is 1.93 bits per heavy atom. The van der Waals surface area contributed by atoms with Gasteiger partial charge in [0.1, 0.15) is 6.54 Å². The van der Waals surface area contributed by atoms with E-state index in [0.717, 1.165) is 22.7 Å². The van der Waals surface area contributed by atoms with E-state index in [1.165, 1.54) is 24.3 Å². The Morgan fingerprint density at radius 3 is 2.57 bits per heavy atom. The first-order chi connectivity index (χ1) is 13.4. The SMILES string of the molecule is Cc1ccccc1N(CC(=O)NC[C@@H]1CCCO1)S(=O)(=O)c1ccc(Cl)cc1. The number of hydrogen-bond donors (Lipinski definition) is 1. The van der Waals surface area contributed by atoms with Crippen molar-refractivity contribution in [3.05, 3.63) is 59.1 Å². The van der Waals surface area contributed by atoms with Gasteiger partial charge in [-0.05, 0) is 55.7 Å². The summed E-state index contributed by atoms with van der Waals surface area (Å²) >= 11 is 5.89. The Kier molecular flexibility index (Phi) is 6.59. The van der Waals surface area contributed by atoms with Gasteiger partial charge in [-0.1, -0.05) is 29.8 Å². The quantitative estimate of drug-likeness (QED) is 0.743. The number of ether oxygens (including phenoxy) is 1. The first-order valence-electron chi connectivity index (χ1n) is 9.10. The number of sulfonamides is 1. The molecule has 1 N–H and O–H groups in total. The van der Waals surface area contributed by atoms with Gasteiger partial charge in [0, 0.05) is 18.2 Å². The molecule has 6 nitrogen and oxygen atoms in total. The predicted molar refractivity (Wildman–Crippen MR) is 109 cm³/mol. The lowest BCUT2D eigenvalue weighted by atomic mass is 10.2. The molecule has 0 radical (unpaired) electrons. The van der Waals surface area contributed by atoms with E-state index in [2.05, 4.69) is 5.32 Å². The number of amides is 1. The number of nitrogens with one attached hydrogen (secondary N) is 1. The first-order valence-corrected chi connectivity index (χ1v) is 10.9. The number of anilines is 1. The van der Waals surface area contributed by atoms with Crippen LogP contribution in [0, 0.1) is 6.92 Å². The molecule has 1 atom stereocenters. The summed E-state index contributed by atoms with van der Waals surface area (Å²) in [6.45, 7) is 2.56. The Labute approximate surface area is 170 Å². The lowest BCUT2D eigenvalue weighted by Gasteiger charge is -2.26. The van der Waals surface area contributed by atoms with E-state index in [4.69, 9.17) is 16.3 Å². The van der Waals surface area contributed by atoms with Crippen molar-refractivity contribution in [1.29, 1.82) is 0 Å². The zero-order chi connectivity index (χ0) is 20.1. The Morgan fingerprint density at radius 1 is 1.21 bits per heavy atom. The minimum absolute atomic E-state index is 0.0104. The number of benzene rings is 2. The van der Waals surface area contributed by atoms with Crippen LogP contribution in [0.15, 0.2) is 53.4 Å². The molecule has 1 saturated heterocycles. The van der Waals surface area contributed by atoms with E-state index in [-0.39, 0.29) is 23.5 Å².